The number of aryl methyl sites for hydroxylation is 1. The van der Waals surface area contributed by atoms with E-state index in [0.29, 0.717) is 22.5 Å². The zero-order valence-corrected chi connectivity index (χ0v) is 16.9. The topological polar surface area (TPSA) is 48.7 Å². The van der Waals surface area contributed by atoms with Crippen molar-refractivity contribution in [2.45, 2.75) is 20.0 Å². The summed E-state index contributed by atoms with van der Waals surface area (Å²) in [6.07, 6.45) is 2.07. The lowest BCUT2D eigenvalue weighted by atomic mass is 10.1. The van der Waals surface area contributed by atoms with Crippen molar-refractivity contribution in [3.8, 4) is 17.2 Å². The van der Waals surface area contributed by atoms with Gasteiger partial charge in [0.05, 0.1) is 10.4 Å². The smallest absolute Gasteiger partial charge is 0.235 e. The van der Waals surface area contributed by atoms with Crippen LogP contribution >= 0.6 is 11.6 Å². The summed E-state index contributed by atoms with van der Waals surface area (Å²) < 4.78 is 31.0. The van der Waals surface area contributed by atoms with Crippen LogP contribution in [0.4, 0.5) is 4.39 Å². The van der Waals surface area contributed by atoms with Crippen molar-refractivity contribution in [3.63, 3.8) is 0 Å². The van der Waals surface area contributed by atoms with E-state index in [9.17, 15) is 9.18 Å². The van der Waals surface area contributed by atoms with Gasteiger partial charge in [0.25, 0.3) is 0 Å². The fraction of sp³-hybridized carbons (Fsp3) is 0.125. The van der Waals surface area contributed by atoms with Gasteiger partial charge < -0.3 is 13.9 Å². The molecule has 4 rings (SSSR count). The first-order valence-corrected chi connectivity index (χ1v) is 9.81. The van der Waals surface area contributed by atoms with Crippen LogP contribution in [0.1, 0.15) is 18.1 Å². The van der Waals surface area contributed by atoms with Crippen LogP contribution < -0.4 is 14.9 Å². The molecule has 0 aliphatic carbocycles. The Labute approximate surface area is 177 Å². The third-order valence-electron chi connectivity index (χ3n) is 4.73. The van der Waals surface area contributed by atoms with Crippen LogP contribution in [-0.2, 0) is 13.0 Å². The Hall–Kier alpha value is -3.31. The molecule has 30 heavy (non-hydrogen) atoms. The molecule has 0 radical (unpaired) electrons. The Balaban J connectivity index is 1.59. The van der Waals surface area contributed by atoms with Gasteiger partial charge in [-0.25, -0.2) is 4.39 Å². The van der Waals surface area contributed by atoms with Crippen molar-refractivity contribution in [1.29, 1.82) is 0 Å². The van der Waals surface area contributed by atoms with Gasteiger partial charge in [-0.1, -0.05) is 42.8 Å². The van der Waals surface area contributed by atoms with Crippen molar-refractivity contribution < 1.29 is 18.3 Å². The average molecular weight is 425 g/mol. The number of benzene rings is 3. The van der Waals surface area contributed by atoms with Crippen LogP contribution in [0.2, 0.25) is 5.02 Å². The molecule has 0 unspecified atom stereocenters. The molecule has 152 valence electrons. The van der Waals surface area contributed by atoms with Crippen LogP contribution in [0.15, 0.2) is 76.1 Å². The van der Waals surface area contributed by atoms with Crippen LogP contribution in [-0.4, -0.2) is 0 Å². The first kappa shape index (κ1) is 20.0. The van der Waals surface area contributed by atoms with Gasteiger partial charge in [-0.05, 0) is 42.3 Å². The lowest BCUT2D eigenvalue weighted by Gasteiger charge is -2.11. The highest BCUT2D eigenvalue weighted by molar-refractivity contribution is 6.31. The fourth-order valence-electron chi connectivity index (χ4n) is 3.09. The Morgan fingerprint density at radius 2 is 1.87 bits per heavy atom. The Morgan fingerprint density at radius 3 is 2.67 bits per heavy atom. The molecule has 0 aliphatic heterocycles. The van der Waals surface area contributed by atoms with Crippen molar-refractivity contribution in [1.82, 2.24) is 0 Å². The molecule has 1 aromatic heterocycles. The van der Waals surface area contributed by atoms with E-state index in [1.165, 1.54) is 18.4 Å². The summed E-state index contributed by atoms with van der Waals surface area (Å²) in [5.41, 5.74) is 1.31. The summed E-state index contributed by atoms with van der Waals surface area (Å²) >= 11 is 6.02. The first-order valence-electron chi connectivity index (χ1n) is 9.44. The molecule has 0 saturated carbocycles. The quantitative estimate of drug-likeness (QED) is 0.353. The van der Waals surface area contributed by atoms with Gasteiger partial charge in [-0.2, -0.15) is 0 Å². The Morgan fingerprint density at radius 1 is 1.03 bits per heavy atom. The van der Waals surface area contributed by atoms with Crippen LogP contribution in [0.25, 0.3) is 11.0 Å². The van der Waals surface area contributed by atoms with Gasteiger partial charge >= 0.3 is 0 Å². The number of fused-ring (bicyclic) bond motifs is 1. The third-order valence-corrected chi connectivity index (χ3v) is 5.09. The van der Waals surface area contributed by atoms with Crippen molar-refractivity contribution in [2.75, 3.05) is 0 Å². The maximum atomic E-state index is 13.9. The van der Waals surface area contributed by atoms with Crippen LogP contribution in [0.3, 0.4) is 0 Å². The Bertz CT molecular complexity index is 1250. The minimum absolute atomic E-state index is 0.0454. The van der Waals surface area contributed by atoms with Gasteiger partial charge in [0.1, 0.15) is 35.8 Å². The van der Waals surface area contributed by atoms with Gasteiger partial charge in [0.2, 0.25) is 11.2 Å². The van der Waals surface area contributed by atoms with E-state index in [-0.39, 0.29) is 28.4 Å². The number of hydrogen-bond acceptors (Lipinski definition) is 4. The van der Waals surface area contributed by atoms with E-state index in [1.807, 2.05) is 31.2 Å². The lowest BCUT2D eigenvalue weighted by molar-refractivity contribution is 0.300. The zero-order valence-electron chi connectivity index (χ0n) is 16.2. The Kier molecular flexibility index (Phi) is 5.72. The highest BCUT2D eigenvalue weighted by atomic mass is 35.5. The highest BCUT2D eigenvalue weighted by Crippen LogP contribution is 2.27. The van der Waals surface area contributed by atoms with E-state index in [2.05, 4.69) is 0 Å². The maximum absolute atomic E-state index is 13.9. The summed E-state index contributed by atoms with van der Waals surface area (Å²) in [4.78, 5) is 12.8. The molecular weight excluding hydrogens is 407 g/mol. The maximum Gasteiger partial charge on any atom is 0.235 e. The summed E-state index contributed by atoms with van der Waals surface area (Å²) in [7, 11) is 0. The molecule has 6 heteroatoms. The standard InChI is InChI=1S/C24H18ClFO4/c1-2-15-6-3-4-9-21(15)30-23-14-29-22-12-16(10-11-17(22)24(23)27)28-13-18-19(25)7-5-8-20(18)26/h3-12,14H,2,13H2,1H3. The van der Waals surface area contributed by atoms with Crippen molar-refractivity contribution in [2.24, 2.45) is 0 Å². The van der Waals surface area contributed by atoms with Crippen molar-refractivity contribution in [3.05, 3.63) is 99.1 Å². The minimum atomic E-state index is -0.441. The van der Waals surface area contributed by atoms with Crippen LogP contribution in [0.5, 0.6) is 17.2 Å². The normalized spacial score (nSPS) is 10.9. The van der Waals surface area contributed by atoms with Crippen LogP contribution in [0, 0.1) is 5.82 Å². The second kappa shape index (κ2) is 8.59. The zero-order chi connectivity index (χ0) is 21.1. The highest BCUT2D eigenvalue weighted by Gasteiger charge is 2.13. The number of ether oxygens (including phenoxy) is 2. The molecule has 0 atom stereocenters. The molecule has 1 heterocycles. The SMILES string of the molecule is CCc1ccccc1Oc1coc2cc(OCc3c(F)cccc3Cl)ccc2c1=O. The van der Waals surface area contributed by atoms with E-state index in [0.717, 1.165) is 12.0 Å². The molecule has 0 bridgehead atoms. The summed E-state index contributed by atoms with van der Waals surface area (Å²) in [6, 6.07) is 16.8. The van der Waals surface area contributed by atoms with Gasteiger partial charge in [0, 0.05) is 11.6 Å². The predicted molar refractivity (Wildman–Crippen MR) is 114 cm³/mol. The van der Waals surface area contributed by atoms with E-state index < -0.39 is 5.82 Å². The molecule has 4 aromatic rings. The monoisotopic (exact) mass is 424 g/mol. The lowest BCUT2D eigenvalue weighted by Crippen LogP contribution is -2.06. The second-order valence-electron chi connectivity index (χ2n) is 6.64. The van der Waals surface area contributed by atoms with Gasteiger partial charge in [-0.15, -0.1) is 0 Å². The number of halogens is 2. The largest absolute Gasteiger partial charge is 0.489 e. The molecule has 0 saturated heterocycles. The average Bonchev–Trinajstić information content (AvgIpc) is 2.75. The van der Waals surface area contributed by atoms with Crippen molar-refractivity contribution >= 4 is 22.6 Å². The molecule has 0 amide bonds. The van der Waals surface area contributed by atoms with Gasteiger partial charge in [0.15, 0.2) is 0 Å². The molecular formula is C24H18ClFO4. The number of hydrogen-bond donors (Lipinski definition) is 0. The van der Waals surface area contributed by atoms with E-state index in [4.69, 9.17) is 25.5 Å². The molecule has 0 spiro atoms. The summed E-state index contributed by atoms with van der Waals surface area (Å²) in [5.74, 6) is 0.711. The predicted octanol–water partition coefficient (Wildman–Crippen LogP) is 6.52. The summed E-state index contributed by atoms with van der Waals surface area (Å²) in [5, 5.41) is 0.647. The molecule has 0 fully saturated rings. The molecule has 0 aliphatic rings. The first-order chi connectivity index (χ1) is 14.6. The minimum Gasteiger partial charge on any atom is -0.489 e. The fourth-order valence-corrected chi connectivity index (χ4v) is 3.31. The third kappa shape index (κ3) is 4.02. The second-order valence-corrected chi connectivity index (χ2v) is 7.05. The molecule has 3 aromatic carbocycles. The van der Waals surface area contributed by atoms with E-state index in [1.54, 1.807) is 24.3 Å². The number of para-hydroxylation sites is 1. The van der Waals surface area contributed by atoms with Gasteiger partial charge in [-0.3, -0.25) is 4.79 Å². The molecule has 0 N–H and O–H groups in total. The molecule has 4 nitrogen and oxygen atoms in total. The van der Waals surface area contributed by atoms with E-state index >= 15 is 0 Å². The number of rotatable bonds is 6. The summed E-state index contributed by atoms with van der Waals surface area (Å²) in [6.45, 7) is 1.97.